The summed E-state index contributed by atoms with van der Waals surface area (Å²) in [5, 5.41) is 13.0. The van der Waals surface area contributed by atoms with Crippen LogP contribution in [0.5, 0.6) is 0 Å². The summed E-state index contributed by atoms with van der Waals surface area (Å²) in [5.41, 5.74) is 0.544. The monoisotopic (exact) mass is 359 g/mol. The van der Waals surface area contributed by atoms with Crippen LogP contribution in [0.15, 0.2) is 29.2 Å². The van der Waals surface area contributed by atoms with Gasteiger partial charge in [0.2, 0.25) is 0 Å². The smallest absolute Gasteiger partial charge is 0.273 e. The van der Waals surface area contributed by atoms with Crippen LogP contribution >= 0.6 is 22.7 Å². The molecule has 0 N–H and O–H groups in total. The van der Waals surface area contributed by atoms with Crippen molar-refractivity contribution in [1.82, 2.24) is 24.6 Å². The first-order chi connectivity index (χ1) is 11.7. The van der Waals surface area contributed by atoms with Gasteiger partial charge >= 0.3 is 0 Å². The van der Waals surface area contributed by atoms with Crippen LogP contribution in [0.2, 0.25) is 0 Å². The van der Waals surface area contributed by atoms with E-state index in [1.165, 1.54) is 11.3 Å². The molecule has 3 aromatic rings. The number of carbonyl (C=O) groups excluding carboxylic acids is 1. The highest BCUT2D eigenvalue weighted by Crippen LogP contribution is 2.30. The molecule has 1 unspecified atom stereocenters. The van der Waals surface area contributed by atoms with E-state index in [4.69, 9.17) is 0 Å². The molecule has 0 bridgehead atoms. The van der Waals surface area contributed by atoms with Crippen LogP contribution < -0.4 is 0 Å². The Labute approximate surface area is 147 Å². The fraction of sp³-hybridized carbons (Fsp3) is 0.375. The Bertz CT molecular complexity index is 838. The Morgan fingerprint density at radius 3 is 3.04 bits per heavy atom. The standard InChI is InChI=1S/C16H17N5OS2/c1-20-10-17-19-14(20)11-4-2-6-21(8-11)16(22)12-9-24-15(18-12)13-5-3-7-23-13/h3,5,7,9-11H,2,4,6,8H2,1H3. The highest BCUT2D eigenvalue weighted by atomic mass is 32.1. The zero-order valence-electron chi connectivity index (χ0n) is 13.3. The number of carbonyl (C=O) groups is 1. The summed E-state index contributed by atoms with van der Waals surface area (Å²) in [6.07, 6.45) is 3.73. The van der Waals surface area contributed by atoms with Gasteiger partial charge in [0.15, 0.2) is 0 Å². The first kappa shape index (κ1) is 15.5. The van der Waals surface area contributed by atoms with Crippen LogP contribution in [0.4, 0.5) is 0 Å². The van der Waals surface area contributed by atoms with Crippen molar-refractivity contribution in [3.8, 4) is 9.88 Å². The van der Waals surface area contributed by atoms with Gasteiger partial charge < -0.3 is 9.47 Å². The number of piperidine rings is 1. The first-order valence-corrected chi connectivity index (χ1v) is 9.61. The number of likely N-dealkylation sites (tertiary alicyclic amines) is 1. The maximum Gasteiger partial charge on any atom is 0.273 e. The molecule has 6 nitrogen and oxygen atoms in total. The van der Waals surface area contributed by atoms with Crippen LogP contribution in [0.25, 0.3) is 9.88 Å². The van der Waals surface area contributed by atoms with Gasteiger partial charge in [-0.3, -0.25) is 4.79 Å². The van der Waals surface area contributed by atoms with Gasteiger partial charge in [0, 0.05) is 31.4 Å². The summed E-state index contributed by atoms with van der Waals surface area (Å²) in [5.74, 6) is 1.21. The predicted molar refractivity (Wildman–Crippen MR) is 94.3 cm³/mol. The van der Waals surface area contributed by atoms with Crippen LogP contribution in [0.3, 0.4) is 0 Å². The molecule has 1 amide bonds. The third-order valence-electron chi connectivity index (χ3n) is 4.28. The number of thiophene rings is 1. The molecule has 1 saturated heterocycles. The zero-order valence-corrected chi connectivity index (χ0v) is 14.9. The first-order valence-electron chi connectivity index (χ1n) is 7.85. The van der Waals surface area contributed by atoms with Gasteiger partial charge in [0.1, 0.15) is 22.9 Å². The molecule has 1 aliphatic rings. The molecule has 24 heavy (non-hydrogen) atoms. The van der Waals surface area contributed by atoms with Gasteiger partial charge in [-0.1, -0.05) is 6.07 Å². The summed E-state index contributed by atoms with van der Waals surface area (Å²) in [6, 6.07) is 4.03. The van der Waals surface area contributed by atoms with Crippen molar-refractivity contribution in [2.45, 2.75) is 18.8 Å². The second kappa shape index (κ2) is 6.45. The zero-order chi connectivity index (χ0) is 16.5. The molecule has 1 atom stereocenters. The van der Waals surface area contributed by atoms with Crippen molar-refractivity contribution in [3.05, 3.63) is 40.7 Å². The fourth-order valence-electron chi connectivity index (χ4n) is 3.08. The minimum Gasteiger partial charge on any atom is -0.337 e. The molecular weight excluding hydrogens is 342 g/mol. The van der Waals surface area contributed by atoms with Crippen molar-refractivity contribution >= 4 is 28.6 Å². The number of hydrogen-bond donors (Lipinski definition) is 0. The van der Waals surface area contributed by atoms with Gasteiger partial charge in [0.05, 0.1) is 4.88 Å². The van der Waals surface area contributed by atoms with Crippen LogP contribution in [-0.4, -0.2) is 43.6 Å². The van der Waals surface area contributed by atoms with Gasteiger partial charge in [-0.25, -0.2) is 4.98 Å². The Morgan fingerprint density at radius 2 is 2.29 bits per heavy atom. The number of aromatic nitrogens is 4. The lowest BCUT2D eigenvalue weighted by Gasteiger charge is -2.31. The summed E-state index contributed by atoms with van der Waals surface area (Å²) < 4.78 is 1.94. The number of hydrogen-bond acceptors (Lipinski definition) is 6. The van der Waals surface area contributed by atoms with Crippen molar-refractivity contribution in [2.24, 2.45) is 7.05 Å². The van der Waals surface area contributed by atoms with Gasteiger partial charge in [-0.05, 0) is 24.3 Å². The average molecular weight is 359 g/mol. The second-order valence-corrected chi connectivity index (χ2v) is 7.71. The van der Waals surface area contributed by atoms with Crippen molar-refractivity contribution in [3.63, 3.8) is 0 Å². The van der Waals surface area contributed by atoms with Crippen molar-refractivity contribution in [2.75, 3.05) is 13.1 Å². The van der Waals surface area contributed by atoms with E-state index in [2.05, 4.69) is 15.2 Å². The molecule has 3 aromatic heterocycles. The van der Waals surface area contributed by atoms with E-state index >= 15 is 0 Å². The summed E-state index contributed by atoms with van der Waals surface area (Å²) >= 11 is 3.17. The molecule has 0 spiro atoms. The third-order valence-corrected chi connectivity index (χ3v) is 6.16. The Balaban J connectivity index is 1.51. The number of amides is 1. The average Bonchev–Trinajstić information content (AvgIpc) is 3.35. The maximum atomic E-state index is 12.8. The highest BCUT2D eigenvalue weighted by molar-refractivity contribution is 7.20. The quantitative estimate of drug-likeness (QED) is 0.721. The number of rotatable bonds is 3. The van der Waals surface area contributed by atoms with Gasteiger partial charge in [0.25, 0.3) is 5.91 Å². The van der Waals surface area contributed by atoms with E-state index in [-0.39, 0.29) is 11.8 Å². The molecule has 124 valence electrons. The van der Waals surface area contributed by atoms with Gasteiger partial charge in [-0.15, -0.1) is 32.9 Å². The molecule has 1 fully saturated rings. The van der Waals surface area contributed by atoms with Crippen molar-refractivity contribution < 1.29 is 4.79 Å². The molecule has 0 aromatic carbocycles. The number of aryl methyl sites for hydroxylation is 1. The molecule has 0 radical (unpaired) electrons. The van der Waals surface area contributed by atoms with E-state index in [1.807, 2.05) is 39.4 Å². The van der Waals surface area contributed by atoms with Crippen LogP contribution in [-0.2, 0) is 7.05 Å². The van der Waals surface area contributed by atoms with E-state index in [1.54, 1.807) is 17.7 Å². The lowest BCUT2D eigenvalue weighted by atomic mass is 9.97. The predicted octanol–water partition coefficient (Wildman–Crippen LogP) is 3.02. The van der Waals surface area contributed by atoms with Crippen LogP contribution in [0, 0.1) is 0 Å². The summed E-state index contributed by atoms with van der Waals surface area (Å²) in [7, 11) is 1.95. The molecule has 0 aliphatic carbocycles. The number of nitrogens with zero attached hydrogens (tertiary/aromatic N) is 5. The fourth-order valence-corrected chi connectivity index (χ4v) is 4.69. The molecule has 1 aliphatic heterocycles. The maximum absolute atomic E-state index is 12.8. The molecular formula is C16H17N5OS2. The SMILES string of the molecule is Cn1cnnc1C1CCCN(C(=O)c2csc(-c3cccs3)n2)C1. The van der Waals surface area contributed by atoms with E-state index in [0.717, 1.165) is 35.1 Å². The normalized spacial score (nSPS) is 18.0. The van der Waals surface area contributed by atoms with Crippen molar-refractivity contribution in [1.29, 1.82) is 0 Å². The van der Waals surface area contributed by atoms with Gasteiger partial charge in [-0.2, -0.15) is 0 Å². The minimum absolute atomic E-state index is 0.0147. The Kier molecular flexibility index (Phi) is 4.15. The third kappa shape index (κ3) is 2.87. The topological polar surface area (TPSA) is 63.9 Å². The lowest BCUT2D eigenvalue weighted by Crippen LogP contribution is -2.39. The van der Waals surface area contributed by atoms with Crippen LogP contribution in [0.1, 0.15) is 35.1 Å². The summed E-state index contributed by atoms with van der Waals surface area (Å²) in [4.78, 5) is 20.4. The van der Waals surface area contributed by atoms with E-state index < -0.39 is 0 Å². The molecule has 0 saturated carbocycles. The minimum atomic E-state index is 0.0147. The van der Waals surface area contributed by atoms with E-state index in [9.17, 15) is 4.79 Å². The largest absolute Gasteiger partial charge is 0.337 e. The van der Waals surface area contributed by atoms with E-state index in [0.29, 0.717) is 12.2 Å². The lowest BCUT2D eigenvalue weighted by molar-refractivity contribution is 0.0698. The number of thiazole rings is 1. The molecule has 4 heterocycles. The Hall–Kier alpha value is -2.06. The highest BCUT2D eigenvalue weighted by Gasteiger charge is 2.29. The molecule has 8 heteroatoms. The summed E-state index contributed by atoms with van der Waals surface area (Å²) in [6.45, 7) is 1.45. The second-order valence-electron chi connectivity index (χ2n) is 5.91. The molecule has 4 rings (SSSR count). The Morgan fingerprint density at radius 1 is 1.38 bits per heavy atom.